The van der Waals surface area contributed by atoms with Gasteiger partial charge in [-0.05, 0) is 70.7 Å². The highest BCUT2D eigenvalue weighted by Gasteiger charge is 2.35. The fraction of sp³-hybridized carbons (Fsp3) is 0.393. The number of rotatable bonds is 7. The molecule has 1 aromatic heterocycles. The Morgan fingerprint density at radius 2 is 1.75 bits per heavy atom. The van der Waals surface area contributed by atoms with Crippen LogP contribution in [0.25, 0.3) is 0 Å². The Labute approximate surface area is 227 Å². The van der Waals surface area contributed by atoms with Gasteiger partial charge in [0.1, 0.15) is 0 Å². The van der Waals surface area contributed by atoms with Gasteiger partial charge in [-0.3, -0.25) is 4.79 Å². The van der Waals surface area contributed by atoms with Crippen LogP contribution in [0, 0.1) is 0 Å². The maximum atomic E-state index is 13.8. The van der Waals surface area contributed by atoms with Gasteiger partial charge in [0.2, 0.25) is 15.9 Å². The minimum absolute atomic E-state index is 0.0379. The van der Waals surface area contributed by atoms with Gasteiger partial charge < -0.3 is 4.90 Å². The molecule has 0 N–H and O–H groups in total. The molecule has 2 aromatic carbocycles. The summed E-state index contributed by atoms with van der Waals surface area (Å²) in [7, 11) is -3.80. The van der Waals surface area contributed by atoms with E-state index in [1.54, 1.807) is 35.6 Å². The van der Waals surface area contributed by atoms with Gasteiger partial charge >= 0.3 is 0 Å². The number of benzene rings is 2. The summed E-state index contributed by atoms with van der Waals surface area (Å²) in [6.07, 6.45) is 1.40. The Morgan fingerprint density at radius 1 is 1.08 bits per heavy atom. The second kappa shape index (κ2) is 10.8. The second-order valence-corrected chi connectivity index (χ2v) is 14.1. The summed E-state index contributed by atoms with van der Waals surface area (Å²) in [5, 5.41) is 2.08. The van der Waals surface area contributed by atoms with E-state index >= 15 is 0 Å². The van der Waals surface area contributed by atoms with Crippen LogP contribution in [0.1, 0.15) is 61.7 Å². The SMILES string of the molecule is CCCN(CC(=O)N1CCc2sccc2C1c1ccc(C(C)(C)C)cc1)S(=O)(=O)c1ccc(Br)cc1. The third-order valence-electron chi connectivity index (χ3n) is 6.61. The molecule has 0 radical (unpaired) electrons. The fourth-order valence-electron chi connectivity index (χ4n) is 4.64. The van der Waals surface area contributed by atoms with E-state index < -0.39 is 10.0 Å². The molecule has 2 heterocycles. The molecule has 1 amide bonds. The molecule has 0 saturated carbocycles. The van der Waals surface area contributed by atoms with Gasteiger partial charge in [-0.1, -0.05) is 67.9 Å². The number of hydrogen-bond acceptors (Lipinski definition) is 4. The lowest BCUT2D eigenvalue weighted by molar-refractivity contribution is -0.133. The molecule has 8 heteroatoms. The van der Waals surface area contributed by atoms with E-state index in [-0.39, 0.29) is 35.3 Å². The number of nitrogens with zero attached hydrogens (tertiary/aromatic N) is 2. The van der Waals surface area contributed by atoms with E-state index in [9.17, 15) is 13.2 Å². The van der Waals surface area contributed by atoms with E-state index in [2.05, 4.69) is 72.4 Å². The zero-order valence-corrected chi connectivity index (χ0v) is 24.4. The summed E-state index contributed by atoms with van der Waals surface area (Å²) in [5.41, 5.74) is 3.46. The average molecular weight is 590 g/mol. The summed E-state index contributed by atoms with van der Waals surface area (Å²) in [6, 6.07) is 16.9. The zero-order chi connectivity index (χ0) is 26.1. The third-order valence-corrected chi connectivity index (χ3v) is 10.00. The van der Waals surface area contributed by atoms with Gasteiger partial charge in [0, 0.05) is 22.4 Å². The van der Waals surface area contributed by atoms with Gasteiger partial charge in [0.15, 0.2) is 0 Å². The van der Waals surface area contributed by atoms with Crippen molar-refractivity contribution in [2.45, 2.75) is 56.9 Å². The van der Waals surface area contributed by atoms with E-state index in [0.29, 0.717) is 13.0 Å². The molecule has 1 aliphatic heterocycles. The number of carbonyl (C=O) groups excluding carboxylic acids is 1. The normalized spacial score (nSPS) is 16.3. The Bertz CT molecular complexity index is 1310. The molecule has 4 rings (SSSR count). The molecule has 1 atom stereocenters. The van der Waals surface area contributed by atoms with Crippen LogP contribution >= 0.6 is 27.3 Å². The highest BCUT2D eigenvalue weighted by atomic mass is 79.9. The smallest absolute Gasteiger partial charge is 0.243 e. The summed E-state index contributed by atoms with van der Waals surface area (Å²) in [4.78, 5) is 17.1. The topological polar surface area (TPSA) is 57.7 Å². The molecule has 0 spiro atoms. The van der Waals surface area contributed by atoms with Crippen LogP contribution in [-0.2, 0) is 26.7 Å². The summed E-state index contributed by atoms with van der Waals surface area (Å²) in [6.45, 7) is 9.15. The van der Waals surface area contributed by atoms with Crippen molar-refractivity contribution in [2.24, 2.45) is 0 Å². The lowest BCUT2D eigenvalue weighted by Gasteiger charge is -2.37. The molecule has 0 fully saturated rings. The van der Waals surface area contributed by atoms with Crippen molar-refractivity contribution in [3.63, 3.8) is 0 Å². The molecule has 192 valence electrons. The van der Waals surface area contributed by atoms with E-state index in [0.717, 1.165) is 22.0 Å². The Morgan fingerprint density at radius 3 is 2.36 bits per heavy atom. The van der Waals surface area contributed by atoms with Gasteiger partial charge in [-0.2, -0.15) is 4.31 Å². The van der Waals surface area contributed by atoms with Gasteiger partial charge in [0.05, 0.1) is 17.5 Å². The summed E-state index contributed by atoms with van der Waals surface area (Å²) in [5.74, 6) is -0.175. The monoisotopic (exact) mass is 588 g/mol. The molecule has 36 heavy (non-hydrogen) atoms. The first-order chi connectivity index (χ1) is 17.0. The van der Waals surface area contributed by atoms with Crippen molar-refractivity contribution >= 4 is 43.2 Å². The van der Waals surface area contributed by atoms with Crippen LogP contribution < -0.4 is 0 Å². The van der Waals surface area contributed by atoms with Gasteiger partial charge in [-0.25, -0.2) is 8.42 Å². The molecule has 5 nitrogen and oxygen atoms in total. The lowest BCUT2D eigenvalue weighted by atomic mass is 9.85. The molecule has 1 unspecified atom stereocenters. The van der Waals surface area contributed by atoms with Crippen LogP contribution in [0.4, 0.5) is 0 Å². The van der Waals surface area contributed by atoms with Crippen molar-refractivity contribution in [3.05, 3.63) is 86.0 Å². The van der Waals surface area contributed by atoms with E-state index in [1.807, 2.05) is 11.8 Å². The number of thiophene rings is 1. The first-order valence-corrected chi connectivity index (χ1v) is 15.4. The number of fused-ring (bicyclic) bond motifs is 1. The first kappa shape index (κ1) is 27.0. The van der Waals surface area contributed by atoms with Crippen molar-refractivity contribution in [2.75, 3.05) is 19.6 Å². The van der Waals surface area contributed by atoms with Crippen molar-refractivity contribution < 1.29 is 13.2 Å². The molecule has 0 bridgehead atoms. The van der Waals surface area contributed by atoms with Crippen LogP contribution in [0.5, 0.6) is 0 Å². The molecule has 0 aliphatic carbocycles. The largest absolute Gasteiger partial charge is 0.330 e. The summed E-state index contributed by atoms with van der Waals surface area (Å²) >= 11 is 5.08. The van der Waals surface area contributed by atoms with E-state index in [4.69, 9.17) is 0 Å². The number of sulfonamides is 1. The highest BCUT2D eigenvalue weighted by molar-refractivity contribution is 9.10. The predicted molar refractivity (Wildman–Crippen MR) is 150 cm³/mol. The zero-order valence-electron chi connectivity index (χ0n) is 21.2. The number of amides is 1. The van der Waals surface area contributed by atoms with Crippen LogP contribution in [0.3, 0.4) is 0 Å². The first-order valence-electron chi connectivity index (χ1n) is 12.2. The Balaban J connectivity index is 1.65. The van der Waals surface area contributed by atoms with Gasteiger partial charge in [-0.15, -0.1) is 11.3 Å². The van der Waals surface area contributed by atoms with Crippen molar-refractivity contribution in [1.29, 1.82) is 0 Å². The minimum Gasteiger partial charge on any atom is -0.330 e. The Kier molecular flexibility index (Phi) is 8.10. The molecule has 0 saturated heterocycles. The number of carbonyl (C=O) groups is 1. The van der Waals surface area contributed by atoms with E-state index in [1.165, 1.54) is 14.7 Å². The van der Waals surface area contributed by atoms with Crippen LogP contribution in [0.15, 0.2) is 69.3 Å². The lowest BCUT2D eigenvalue weighted by Crippen LogP contribution is -2.46. The van der Waals surface area contributed by atoms with Crippen molar-refractivity contribution in [1.82, 2.24) is 9.21 Å². The van der Waals surface area contributed by atoms with Crippen LogP contribution in [0.2, 0.25) is 0 Å². The Hall–Kier alpha value is -2.00. The molecular formula is C28H33BrN2O3S2. The minimum atomic E-state index is -3.80. The average Bonchev–Trinajstić information content (AvgIpc) is 3.32. The molecular weight excluding hydrogens is 556 g/mol. The quantitative estimate of drug-likeness (QED) is 0.321. The standard InChI is InChI=1S/C28H33BrN2O3S2/c1-5-16-30(36(33,34)23-12-10-22(29)11-13-23)19-26(32)31-17-14-25-24(15-18-35-25)27(31)20-6-8-21(9-7-20)28(2,3)4/h6-13,15,18,27H,5,14,16-17,19H2,1-4H3. The number of hydrogen-bond donors (Lipinski definition) is 0. The third kappa shape index (κ3) is 5.62. The molecule has 3 aromatic rings. The summed E-state index contributed by atoms with van der Waals surface area (Å²) < 4.78 is 29.0. The van der Waals surface area contributed by atoms with Gasteiger partial charge in [0.25, 0.3) is 0 Å². The maximum absolute atomic E-state index is 13.8. The predicted octanol–water partition coefficient (Wildman–Crippen LogP) is 6.38. The molecule has 1 aliphatic rings. The van der Waals surface area contributed by atoms with Crippen molar-refractivity contribution in [3.8, 4) is 0 Å². The maximum Gasteiger partial charge on any atom is 0.243 e. The second-order valence-electron chi connectivity index (χ2n) is 10.2. The fourth-order valence-corrected chi connectivity index (χ4v) is 7.29. The highest BCUT2D eigenvalue weighted by Crippen LogP contribution is 2.38. The number of halogens is 1. The van der Waals surface area contributed by atoms with Crippen LogP contribution in [-0.4, -0.2) is 43.2 Å².